The Morgan fingerprint density at radius 2 is 1.63 bits per heavy atom. The van der Waals surface area contributed by atoms with Gasteiger partial charge >= 0.3 is 11.9 Å². The highest BCUT2D eigenvalue weighted by atomic mass is 35.5. The van der Waals surface area contributed by atoms with E-state index >= 15 is 0 Å². The van der Waals surface area contributed by atoms with Crippen LogP contribution in [0.5, 0.6) is 5.75 Å². The van der Waals surface area contributed by atoms with E-state index in [0.717, 1.165) is 11.1 Å². The first-order chi connectivity index (χ1) is 16.5. The molecule has 0 saturated carbocycles. The maximum absolute atomic E-state index is 13.0. The number of benzene rings is 1. The number of hydrogen-bond acceptors (Lipinski definition) is 6. The number of esters is 2. The van der Waals surface area contributed by atoms with Crippen molar-refractivity contribution in [3.05, 3.63) is 52.3 Å². The zero-order chi connectivity index (χ0) is 26.2. The van der Waals surface area contributed by atoms with Gasteiger partial charge in [-0.25, -0.2) is 4.39 Å². The fourth-order valence-corrected chi connectivity index (χ4v) is 4.40. The number of carbonyl (C=O) groups is 2. The number of ether oxygens (including phenoxy) is 4. The predicted octanol–water partition coefficient (Wildman–Crippen LogP) is 5.82. The molecule has 6 nitrogen and oxygen atoms in total. The topological polar surface area (TPSA) is 71.1 Å². The van der Waals surface area contributed by atoms with Crippen LogP contribution in [0, 0.1) is 0 Å². The monoisotopic (exact) mass is 550 g/mol. The molecule has 194 valence electrons. The Balaban J connectivity index is 2.10. The summed E-state index contributed by atoms with van der Waals surface area (Å²) < 4.78 is 34.2. The number of alkyl halides is 3. The minimum Gasteiger partial charge on any atom is -0.491 e. The Labute approximate surface area is 220 Å². The lowest BCUT2D eigenvalue weighted by Gasteiger charge is -2.33. The fraction of sp³-hybridized carbons (Fsp3) is 0.520. The lowest BCUT2D eigenvalue weighted by Crippen LogP contribution is -2.28. The van der Waals surface area contributed by atoms with Crippen LogP contribution in [0.25, 0.3) is 0 Å². The molecule has 0 fully saturated rings. The molecule has 1 aromatic rings. The summed E-state index contributed by atoms with van der Waals surface area (Å²) in [5.74, 6) is 0.0182. The maximum Gasteiger partial charge on any atom is 0.303 e. The van der Waals surface area contributed by atoms with Gasteiger partial charge in [0.05, 0.1) is 16.3 Å². The van der Waals surface area contributed by atoms with E-state index in [1.807, 2.05) is 18.2 Å². The highest BCUT2D eigenvalue weighted by molar-refractivity contribution is 6.33. The predicted molar refractivity (Wildman–Crippen MR) is 134 cm³/mol. The van der Waals surface area contributed by atoms with Crippen LogP contribution in [0.1, 0.15) is 39.7 Å². The molecular weight excluding hydrogens is 522 g/mol. The third-order valence-corrected chi connectivity index (χ3v) is 6.46. The van der Waals surface area contributed by atoms with Gasteiger partial charge in [-0.2, -0.15) is 0 Å². The van der Waals surface area contributed by atoms with Crippen LogP contribution in [0.2, 0.25) is 0 Å². The molecule has 1 aliphatic rings. The molecule has 10 heteroatoms. The van der Waals surface area contributed by atoms with Crippen molar-refractivity contribution in [2.45, 2.75) is 57.1 Å². The summed E-state index contributed by atoms with van der Waals surface area (Å²) >= 11 is 18.9. The second-order valence-corrected chi connectivity index (χ2v) is 9.84. The molecule has 0 aliphatic heterocycles. The van der Waals surface area contributed by atoms with E-state index in [4.69, 9.17) is 53.8 Å². The SMILES string of the molecule is CC(=O)OC(CCl)COC1=C(Cl)C=C(C(C)(C)c2ccc(OCC(CF)OC(C)=O)cc2)CC1Cl. The molecule has 1 aromatic carbocycles. The second-order valence-electron chi connectivity index (χ2n) is 8.60. The highest BCUT2D eigenvalue weighted by Crippen LogP contribution is 2.41. The largest absolute Gasteiger partial charge is 0.491 e. The van der Waals surface area contributed by atoms with Crippen molar-refractivity contribution < 1.29 is 32.9 Å². The Morgan fingerprint density at radius 1 is 1.06 bits per heavy atom. The van der Waals surface area contributed by atoms with Crippen LogP contribution in [0.4, 0.5) is 4.39 Å². The zero-order valence-corrected chi connectivity index (χ0v) is 22.4. The summed E-state index contributed by atoms with van der Waals surface area (Å²) in [6, 6.07) is 7.36. The summed E-state index contributed by atoms with van der Waals surface area (Å²) in [6.07, 6.45) is 0.785. The first-order valence-electron chi connectivity index (χ1n) is 11.0. The van der Waals surface area contributed by atoms with Crippen LogP contribution in [0.15, 0.2) is 46.7 Å². The lowest BCUT2D eigenvalue weighted by molar-refractivity contribution is -0.149. The summed E-state index contributed by atoms with van der Waals surface area (Å²) in [5.41, 5.74) is 1.59. The first-order valence-corrected chi connectivity index (χ1v) is 12.4. The summed E-state index contributed by atoms with van der Waals surface area (Å²) in [5, 5.41) is -0.130. The van der Waals surface area contributed by atoms with Crippen molar-refractivity contribution in [1.29, 1.82) is 0 Å². The van der Waals surface area contributed by atoms with Crippen molar-refractivity contribution in [1.82, 2.24) is 0 Å². The maximum atomic E-state index is 13.0. The third kappa shape index (κ3) is 8.58. The highest BCUT2D eigenvalue weighted by Gasteiger charge is 2.33. The van der Waals surface area contributed by atoms with Gasteiger partial charge in [-0.05, 0) is 30.2 Å². The van der Waals surface area contributed by atoms with Crippen LogP contribution in [-0.4, -0.2) is 55.3 Å². The van der Waals surface area contributed by atoms with E-state index in [2.05, 4.69) is 13.8 Å². The van der Waals surface area contributed by atoms with Gasteiger partial charge < -0.3 is 18.9 Å². The van der Waals surface area contributed by atoms with E-state index in [1.54, 1.807) is 12.1 Å². The molecule has 3 unspecified atom stereocenters. The summed E-state index contributed by atoms with van der Waals surface area (Å²) in [6.45, 7) is 5.78. The quantitative estimate of drug-likeness (QED) is 0.241. The van der Waals surface area contributed by atoms with Gasteiger partial charge in [0.2, 0.25) is 0 Å². The molecule has 0 spiro atoms. The second kappa shape index (κ2) is 13.4. The first kappa shape index (κ1) is 29.3. The van der Waals surface area contributed by atoms with Gasteiger partial charge in [-0.15, -0.1) is 23.2 Å². The number of hydrogen-bond donors (Lipinski definition) is 0. The van der Waals surface area contributed by atoms with Crippen molar-refractivity contribution in [3.8, 4) is 5.75 Å². The normalized spacial score (nSPS) is 17.8. The molecule has 0 saturated heterocycles. The number of halogens is 4. The van der Waals surface area contributed by atoms with Gasteiger partial charge in [-0.1, -0.05) is 43.2 Å². The zero-order valence-electron chi connectivity index (χ0n) is 20.1. The van der Waals surface area contributed by atoms with Crippen molar-refractivity contribution in [2.75, 3.05) is 25.8 Å². The minimum atomic E-state index is -0.948. The van der Waals surface area contributed by atoms with Crippen LogP contribution in [-0.2, 0) is 29.2 Å². The van der Waals surface area contributed by atoms with Gasteiger partial charge in [0.1, 0.15) is 37.5 Å². The lowest BCUT2D eigenvalue weighted by atomic mass is 9.74. The van der Waals surface area contributed by atoms with Gasteiger partial charge in [0, 0.05) is 19.3 Å². The molecule has 0 N–H and O–H groups in total. The van der Waals surface area contributed by atoms with Crippen LogP contribution in [0.3, 0.4) is 0 Å². The molecular formula is C25H30Cl3FO6. The van der Waals surface area contributed by atoms with Crippen molar-refractivity contribution in [3.63, 3.8) is 0 Å². The minimum absolute atomic E-state index is 0.0482. The molecule has 2 rings (SSSR count). The Kier molecular flexibility index (Phi) is 11.2. The summed E-state index contributed by atoms with van der Waals surface area (Å²) in [4.78, 5) is 22.2. The molecule has 1 aliphatic carbocycles. The summed E-state index contributed by atoms with van der Waals surface area (Å²) in [7, 11) is 0. The average molecular weight is 552 g/mol. The Hall–Kier alpha value is -1.96. The molecule has 0 amide bonds. The smallest absolute Gasteiger partial charge is 0.303 e. The molecule has 0 aromatic heterocycles. The van der Waals surface area contributed by atoms with E-state index < -0.39 is 41.6 Å². The number of rotatable bonds is 12. The molecule has 0 heterocycles. The van der Waals surface area contributed by atoms with Crippen molar-refractivity contribution in [2.24, 2.45) is 0 Å². The number of carbonyl (C=O) groups excluding carboxylic acids is 2. The third-order valence-electron chi connectivity index (χ3n) is 5.47. The van der Waals surface area contributed by atoms with E-state index in [0.29, 0.717) is 23.0 Å². The fourth-order valence-electron chi connectivity index (χ4n) is 3.53. The van der Waals surface area contributed by atoms with Gasteiger partial charge in [0.15, 0.2) is 6.10 Å². The van der Waals surface area contributed by atoms with E-state index in [-0.39, 0.29) is 19.1 Å². The van der Waals surface area contributed by atoms with Gasteiger partial charge in [0.25, 0.3) is 0 Å². The van der Waals surface area contributed by atoms with E-state index in [9.17, 15) is 14.0 Å². The number of allylic oxidation sites excluding steroid dienone is 4. The van der Waals surface area contributed by atoms with Gasteiger partial charge in [-0.3, -0.25) is 9.59 Å². The standard InChI is InChI=1S/C25H30Cl3FO6/c1-15(30)34-20(11-26)13-33-24-22(27)9-18(10-23(24)28)25(3,4)17-5-7-19(8-6-17)32-14-21(12-29)35-16(2)31/h5-9,20-21,23H,10-14H2,1-4H3. The molecule has 3 atom stereocenters. The Morgan fingerprint density at radius 3 is 2.14 bits per heavy atom. The van der Waals surface area contributed by atoms with Crippen LogP contribution >= 0.6 is 34.8 Å². The van der Waals surface area contributed by atoms with E-state index in [1.165, 1.54) is 13.8 Å². The molecule has 35 heavy (non-hydrogen) atoms. The average Bonchev–Trinajstić information content (AvgIpc) is 2.80. The molecule has 0 radical (unpaired) electrons. The van der Waals surface area contributed by atoms with Crippen molar-refractivity contribution >= 4 is 46.7 Å². The Bertz CT molecular complexity index is 945. The van der Waals surface area contributed by atoms with Crippen LogP contribution < -0.4 is 4.74 Å². The molecule has 0 bridgehead atoms.